The molecule has 1 aliphatic rings. The Morgan fingerprint density at radius 3 is 2.41 bits per heavy atom. The normalized spacial score (nSPS) is 12.8. The molecule has 2 aromatic carbocycles. The van der Waals surface area contributed by atoms with Crippen molar-refractivity contribution in [3.8, 4) is 5.75 Å². The van der Waals surface area contributed by atoms with Crippen molar-refractivity contribution in [1.29, 1.82) is 0 Å². The number of benzene rings is 2. The van der Waals surface area contributed by atoms with Gasteiger partial charge in [-0.3, -0.25) is 14.4 Å². The predicted molar refractivity (Wildman–Crippen MR) is 102 cm³/mol. The van der Waals surface area contributed by atoms with Gasteiger partial charge >= 0.3 is 0 Å². The number of ether oxygens (including phenoxy) is 1. The summed E-state index contributed by atoms with van der Waals surface area (Å²) in [6, 6.07) is 13.6. The Labute approximate surface area is 157 Å². The Balaban J connectivity index is 1.53. The van der Waals surface area contributed by atoms with Gasteiger partial charge in [0.05, 0.1) is 0 Å². The predicted octanol–water partition coefficient (Wildman–Crippen LogP) is 2.41. The molecule has 0 heterocycles. The van der Waals surface area contributed by atoms with E-state index in [-0.39, 0.29) is 30.2 Å². The highest BCUT2D eigenvalue weighted by molar-refractivity contribution is 5.97. The maximum atomic E-state index is 12.1. The zero-order chi connectivity index (χ0) is 19.2. The van der Waals surface area contributed by atoms with E-state index in [0.717, 1.165) is 12.8 Å². The third-order valence-electron chi connectivity index (χ3n) is 4.06. The fourth-order valence-electron chi connectivity index (χ4n) is 2.48. The Kier molecular flexibility index (Phi) is 5.71. The largest absolute Gasteiger partial charge is 0.484 e. The summed E-state index contributed by atoms with van der Waals surface area (Å²) >= 11 is 0. The molecule has 3 rings (SSSR count). The smallest absolute Gasteiger partial charge is 0.262 e. The van der Waals surface area contributed by atoms with Gasteiger partial charge in [0.2, 0.25) is 5.91 Å². The molecule has 2 aromatic rings. The lowest BCUT2D eigenvalue weighted by molar-refractivity contribution is -0.118. The van der Waals surface area contributed by atoms with Crippen LogP contribution in [0.1, 0.15) is 23.2 Å². The van der Waals surface area contributed by atoms with E-state index < -0.39 is 0 Å². The van der Waals surface area contributed by atoms with Crippen LogP contribution in [0.3, 0.4) is 0 Å². The second-order valence-electron chi connectivity index (χ2n) is 6.29. The van der Waals surface area contributed by atoms with Gasteiger partial charge in [0.1, 0.15) is 5.75 Å². The van der Waals surface area contributed by atoms with Gasteiger partial charge < -0.3 is 20.7 Å². The van der Waals surface area contributed by atoms with Crippen molar-refractivity contribution < 1.29 is 19.1 Å². The van der Waals surface area contributed by atoms with Crippen LogP contribution in [-0.4, -0.2) is 31.4 Å². The highest BCUT2D eigenvalue weighted by Crippen LogP contribution is 2.30. The number of amides is 3. The molecule has 27 heavy (non-hydrogen) atoms. The van der Waals surface area contributed by atoms with E-state index >= 15 is 0 Å². The monoisotopic (exact) mass is 367 g/mol. The second-order valence-corrected chi connectivity index (χ2v) is 6.29. The number of hydrogen-bond acceptors (Lipinski definition) is 4. The number of hydrogen-bond donors (Lipinski definition) is 3. The molecule has 0 aliphatic heterocycles. The molecule has 3 N–H and O–H groups in total. The van der Waals surface area contributed by atoms with Crippen LogP contribution in [0.25, 0.3) is 0 Å². The summed E-state index contributed by atoms with van der Waals surface area (Å²) < 4.78 is 5.49. The number of carbonyl (C=O) groups excluding carboxylic acids is 3. The molecule has 7 heteroatoms. The third kappa shape index (κ3) is 5.31. The molecule has 1 aliphatic carbocycles. The SMILES string of the molecule is CNC(=O)c1cccc(NC(=O)COc2cccc(NC(=O)C3CC3)c2)c1. The van der Waals surface area contributed by atoms with Gasteiger partial charge in [-0.05, 0) is 43.2 Å². The van der Waals surface area contributed by atoms with Crippen molar-refractivity contribution in [3.63, 3.8) is 0 Å². The van der Waals surface area contributed by atoms with E-state index in [0.29, 0.717) is 22.7 Å². The number of anilines is 2. The van der Waals surface area contributed by atoms with E-state index in [1.165, 1.54) is 0 Å². The van der Waals surface area contributed by atoms with Crippen LogP contribution in [0.5, 0.6) is 5.75 Å². The van der Waals surface area contributed by atoms with E-state index in [2.05, 4.69) is 16.0 Å². The van der Waals surface area contributed by atoms with Crippen molar-refractivity contribution in [2.45, 2.75) is 12.8 Å². The van der Waals surface area contributed by atoms with E-state index in [9.17, 15) is 14.4 Å². The summed E-state index contributed by atoms with van der Waals surface area (Å²) in [5, 5.41) is 8.06. The molecule has 0 spiro atoms. The summed E-state index contributed by atoms with van der Waals surface area (Å²) in [6.07, 6.45) is 1.87. The minimum atomic E-state index is -0.350. The molecule has 0 bridgehead atoms. The van der Waals surface area contributed by atoms with Gasteiger partial charge in [-0.15, -0.1) is 0 Å². The molecule has 3 amide bonds. The van der Waals surface area contributed by atoms with E-state index in [4.69, 9.17) is 4.74 Å². The highest BCUT2D eigenvalue weighted by Gasteiger charge is 2.29. The third-order valence-corrected chi connectivity index (χ3v) is 4.06. The maximum Gasteiger partial charge on any atom is 0.262 e. The zero-order valence-electron chi connectivity index (χ0n) is 15.0. The minimum absolute atomic E-state index is 0.0147. The molecular weight excluding hydrogens is 346 g/mol. The van der Waals surface area contributed by atoms with Crippen molar-refractivity contribution in [3.05, 3.63) is 54.1 Å². The van der Waals surface area contributed by atoms with Crippen LogP contribution in [0, 0.1) is 5.92 Å². The summed E-state index contributed by atoms with van der Waals surface area (Å²) in [5.74, 6) is 0.0357. The van der Waals surface area contributed by atoms with Gasteiger partial charge in [0, 0.05) is 36.0 Å². The van der Waals surface area contributed by atoms with Crippen LogP contribution >= 0.6 is 0 Å². The second kappa shape index (κ2) is 8.35. The average Bonchev–Trinajstić information content (AvgIpc) is 3.51. The number of carbonyl (C=O) groups is 3. The standard InChI is InChI=1S/C20H21N3O4/c1-21-19(25)14-4-2-5-15(10-14)22-18(24)12-27-17-7-3-6-16(11-17)23-20(26)13-8-9-13/h2-7,10-11,13H,8-9,12H2,1H3,(H,21,25)(H,22,24)(H,23,26). The van der Waals surface area contributed by atoms with Crippen molar-refractivity contribution in [2.24, 2.45) is 5.92 Å². The maximum absolute atomic E-state index is 12.1. The van der Waals surface area contributed by atoms with Gasteiger partial charge in [-0.2, -0.15) is 0 Å². The first kappa shape index (κ1) is 18.4. The Morgan fingerprint density at radius 1 is 1.00 bits per heavy atom. The Morgan fingerprint density at radius 2 is 1.70 bits per heavy atom. The summed E-state index contributed by atoms with van der Waals surface area (Å²) in [7, 11) is 1.54. The van der Waals surface area contributed by atoms with Crippen molar-refractivity contribution in [2.75, 3.05) is 24.3 Å². The van der Waals surface area contributed by atoms with Crippen LogP contribution in [-0.2, 0) is 9.59 Å². The highest BCUT2D eigenvalue weighted by atomic mass is 16.5. The number of rotatable bonds is 7. The van der Waals surface area contributed by atoms with Crippen LogP contribution in [0.4, 0.5) is 11.4 Å². The Hall–Kier alpha value is -3.35. The average molecular weight is 367 g/mol. The topological polar surface area (TPSA) is 96.5 Å². The first-order chi connectivity index (χ1) is 13.0. The van der Waals surface area contributed by atoms with Gasteiger partial charge in [-0.25, -0.2) is 0 Å². The molecule has 1 saturated carbocycles. The molecular formula is C20H21N3O4. The lowest BCUT2D eigenvalue weighted by atomic mass is 10.2. The van der Waals surface area contributed by atoms with Gasteiger partial charge in [0.15, 0.2) is 6.61 Å². The summed E-state index contributed by atoms with van der Waals surface area (Å²) in [5.41, 5.74) is 1.61. The first-order valence-corrected chi connectivity index (χ1v) is 8.71. The molecule has 140 valence electrons. The van der Waals surface area contributed by atoms with E-state index in [1.54, 1.807) is 55.6 Å². The van der Waals surface area contributed by atoms with Crippen LogP contribution in [0.2, 0.25) is 0 Å². The van der Waals surface area contributed by atoms with Crippen molar-refractivity contribution >= 4 is 29.1 Å². The van der Waals surface area contributed by atoms with Crippen molar-refractivity contribution in [1.82, 2.24) is 5.32 Å². The Bertz CT molecular complexity index is 862. The molecule has 0 radical (unpaired) electrons. The molecule has 0 aromatic heterocycles. The lowest BCUT2D eigenvalue weighted by Crippen LogP contribution is -2.21. The molecule has 1 fully saturated rings. The fourth-order valence-corrected chi connectivity index (χ4v) is 2.48. The van der Waals surface area contributed by atoms with Crippen LogP contribution in [0.15, 0.2) is 48.5 Å². The van der Waals surface area contributed by atoms with Gasteiger partial charge in [0.25, 0.3) is 11.8 Å². The van der Waals surface area contributed by atoms with Gasteiger partial charge in [-0.1, -0.05) is 12.1 Å². The quantitative estimate of drug-likeness (QED) is 0.700. The summed E-state index contributed by atoms with van der Waals surface area (Å²) in [4.78, 5) is 35.5. The van der Waals surface area contributed by atoms with Crippen LogP contribution < -0.4 is 20.7 Å². The minimum Gasteiger partial charge on any atom is -0.484 e. The summed E-state index contributed by atoms with van der Waals surface area (Å²) in [6.45, 7) is -0.190. The zero-order valence-corrected chi connectivity index (χ0v) is 15.0. The lowest BCUT2D eigenvalue weighted by Gasteiger charge is -2.10. The first-order valence-electron chi connectivity index (χ1n) is 8.71. The molecule has 7 nitrogen and oxygen atoms in total. The molecule has 0 atom stereocenters. The molecule has 0 unspecified atom stereocenters. The number of nitrogens with one attached hydrogen (secondary N) is 3. The fraction of sp³-hybridized carbons (Fsp3) is 0.250. The van der Waals surface area contributed by atoms with E-state index in [1.807, 2.05) is 0 Å². The molecule has 0 saturated heterocycles.